The minimum absolute atomic E-state index is 0.0499. The zero-order valence-corrected chi connectivity index (χ0v) is 10.2. The van der Waals surface area contributed by atoms with Crippen LogP contribution in [0.5, 0.6) is 5.75 Å². The fourth-order valence-corrected chi connectivity index (χ4v) is 3.00. The molecule has 1 saturated heterocycles. The molecule has 0 unspecified atom stereocenters. The van der Waals surface area contributed by atoms with Gasteiger partial charge in [0.05, 0.1) is 12.6 Å². The fraction of sp³-hybridized carbons (Fsp3) is 0.417. The number of hydrogen-bond donors (Lipinski definition) is 2. The number of benzene rings is 1. The van der Waals surface area contributed by atoms with Crippen LogP contribution in [-0.2, 0) is 11.2 Å². The molecule has 0 saturated carbocycles. The molecule has 1 fully saturated rings. The maximum atomic E-state index is 11.9. The fourth-order valence-electron chi connectivity index (χ4n) is 2.06. The second-order valence-electron chi connectivity index (χ2n) is 4.18. The third-order valence-electron chi connectivity index (χ3n) is 2.99. The minimum atomic E-state index is -0.0653. The Morgan fingerprint density at radius 1 is 1.53 bits per heavy atom. The molecule has 2 N–H and O–H groups in total. The maximum Gasteiger partial charge on any atom is 0.242 e. The molecule has 2 heterocycles. The maximum absolute atomic E-state index is 11.9. The van der Waals surface area contributed by atoms with Gasteiger partial charge in [-0.2, -0.15) is 0 Å². The quantitative estimate of drug-likeness (QED) is 0.828. The lowest BCUT2D eigenvalue weighted by Crippen LogP contribution is -2.37. The molecule has 2 aliphatic rings. The summed E-state index contributed by atoms with van der Waals surface area (Å²) in [5.41, 5.74) is 2.04. The zero-order valence-electron chi connectivity index (χ0n) is 9.36. The molecular weight excluding hydrogens is 236 g/mol. The van der Waals surface area contributed by atoms with Gasteiger partial charge in [0.2, 0.25) is 5.91 Å². The van der Waals surface area contributed by atoms with Crippen molar-refractivity contribution in [2.24, 2.45) is 0 Å². The molecule has 1 atom stereocenters. The topological polar surface area (TPSA) is 50.4 Å². The van der Waals surface area contributed by atoms with Crippen molar-refractivity contribution in [1.82, 2.24) is 5.32 Å². The first-order valence-corrected chi connectivity index (χ1v) is 6.86. The summed E-state index contributed by atoms with van der Waals surface area (Å²) in [6.07, 6.45) is 0.927. The first kappa shape index (κ1) is 10.9. The number of ether oxygens (including phenoxy) is 1. The number of anilines is 1. The summed E-state index contributed by atoms with van der Waals surface area (Å²) < 4.78 is 5.43. The second kappa shape index (κ2) is 4.58. The van der Waals surface area contributed by atoms with Crippen molar-refractivity contribution >= 4 is 23.4 Å². The molecule has 0 bridgehead atoms. The molecule has 5 heteroatoms. The molecule has 0 aromatic heterocycles. The van der Waals surface area contributed by atoms with Crippen molar-refractivity contribution in [2.45, 2.75) is 12.5 Å². The highest BCUT2D eigenvalue weighted by atomic mass is 32.2. The van der Waals surface area contributed by atoms with E-state index in [-0.39, 0.29) is 11.9 Å². The molecule has 0 aliphatic carbocycles. The Morgan fingerprint density at radius 2 is 2.47 bits per heavy atom. The molecule has 0 spiro atoms. The third kappa shape index (κ3) is 2.25. The van der Waals surface area contributed by atoms with Crippen LogP contribution < -0.4 is 15.4 Å². The first-order valence-electron chi connectivity index (χ1n) is 5.71. The molecule has 2 aliphatic heterocycles. The van der Waals surface area contributed by atoms with Crippen LogP contribution in [-0.4, -0.2) is 30.2 Å². The van der Waals surface area contributed by atoms with Crippen molar-refractivity contribution in [3.05, 3.63) is 23.8 Å². The Balaban J connectivity index is 1.70. The Kier molecular flexibility index (Phi) is 2.94. The molecule has 90 valence electrons. The Labute approximate surface area is 104 Å². The lowest BCUT2D eigenvalue weighted by atomic mass is 10.1. The van der Waals surface area contributed by atoms with Gasteiger partial charge in [-0.15, -0.1) is 11.8 Å². The summed E-state index contributed by atoms with van der Waals surface area (Å²) in [5, 5.41) is 6.10. The molecule has 4 nitrogen and oxygen atoms in total. The lowest BCUT2D eigenvalue weighted by Gasteiger charge is -2.11. The summed E-state index contributed by atoms with van der Waals surface area (Å²) in [5.74, 6) is 2.70. The first-order chi connectivity index (χ1) is 8.33. The molecule has 3 rings (SSSR count). The summed E-state index contributed by atoms with van der Waals surface area (Å²) in [6.45, 7) is 0.744. The Bertz CT molecular complexity index is 444. The van der Waals surface area contributed by atoms with Gasteiger partial charge >= 0.3 is 0 Å². The molecule has 17 heavy (non-hydrogen) atoms. The van der Waals surface area contributed by atoms with E-state index in [0.717, 1.165) is 36.1 Å². The van der Waals surface area contributed by atoms with Crippen molar-refractivity contribution in [3.63, 3.8) is 0 Å². The monoisotopic (exact) mass is 250 g/mol. The standard InChI is InChI=1S/C12H14N2O2S/c15-12(10-6-17-7-13-10)14-9-1-2-11-8(5-9)3-4-16-11/h1-2,5,10,13H,3-4,6-7H2,(H,14,15)/t10-/m1/s1. The van der Waals surface area contributed by atoms with Crippen LogP contribution in [0.2, 0.25) is 0 Å². The number of carbonyl (C=O) groups is 1. The number of hydrogen-bond acceptors (Lipinski definition) is 4. The summed E-state index contributed by atoms with van der Waals surface area (Å²) >= 11 is 1.75. The average molecular weight is 250 g/mol. The van der Waals surface area contributed by atoms with Crippen molar-refractivity contribution in [2.75, 3.05) is 23.6 Å². The average Bonchev–Trinajstić information content (AvgIpc) is 2.99. The SMILES string of the molecule is O=C(Nc1ccc2c(c1)CCO2)[C@H]1CSCN1. The van der Waals surface area contributed by atoms with E-state index in [2.05, 4.69) is 10.6 Å². The van der Waals surface area contributed by atoms with Gasteiger partial charge in [-0.3, -0.25) is 10.1 Å². The number of amides is 1. The highest BCUT2D eigenvalue weighted by Gasteiger charge is 2.22. The van der Waals surface area contributed by atoms with Crippen LogP contribution in [0.3, 0.4) is 0 Å². The minimum Gasteiger partial charge on any atom is -0.493 e. The number of thioether (sulfide) groups is 1. The summed E-state index contributed by atoms with van der Waals surface area (Å²) in [4.78, 5) is 11.9. The highest BCUT2D eigenvalue weighted by Crippen LogP contribution is 2.28. The molecule has 1 aromatic rings. The van der Waals surface area contributed by atoms with E-state index < -0.39 is 0 Å². The van der Waals surface area contributed by atoms with Gasteiger partial charge in [0.15, 0.2) is 0 Å². The van der Waals surface area contributed by atoms with Crippen molar-refractivity contribution < 1.29 is 9.53 Å². The van der Waals surface area contributed by atoms with Crippen LogP contribution in [0.25, 0.3) is 0 Å². The van der Waals surface area contributed by atoms with Gasteiger partial charge in [-0.1, -0.05) is 0 Å². The normalized spacial score (nSPS) is 22.0. The molecular formula is C12H14N2O2S. The van der Waals surface area contributed by atoms with Crippen LogP contribution in [0.15, 0.2) is 18.2 Å². The van der Waals surface area contributed by atoms with Gasteiger partial charge < -0.3 is 10.1 Å². The lowest BCUT2D eigenvalue weighted by molar-refractivity contribution is -0.117. The Morgan fingerprint density at radius 3 is 3.29 bits per heavy atom. The van der Waals surface area contributed by atoms with Gasteiger partial charge in [-0.25, -0.2) is 0 Å². The van der Waals surface area contributed by atoms with E-state index in [0.29, 0.717) is 0 Å². The van der Waals surface area contributed by atoms with Gasteiger partial charge in [0, 0.05) is 23.7 Å². The van der Waals surface area contributed by atoms with E-state index in [1.165, 1.54) is 5.56 Å². The predicted octanol–water partition coefficient (Wildman–Crippen LogP) is 1.22. The van der Waals surface area contributed by atoms with E-state index >= 15 is 0 Å². The third-order valence-corrected chi connectivity index (χ3v) is 3.93. The summed E-state index contributed by atoms with van der Waals surface area (Å²) in [6, 6.07) is 5.76. The smallest absolute Gasteiger partial charge is 0.242 e. The van der Waals surface area contributed by atoms with Crippen molar-refractivity contribution in [3.8, 4) is 5.75 Å². The molecule has 0 radical (unpaired) electrons. The van der Waals surface area contributed by atoms with Crippen LogP contribution in [0, 0.1) is 0 Å². The predicted molar refractivity (Wildman–Crippen MR) is 68.5 cm³/mol. The van der Waals surface area contributed by atoms with E-state index in [1.54, 1.807) is 11.8 Å². The van der Waals surface area contributed by atoms with Crippen LogP contribution in [0.4, 0.5) is 5.69 Å². The second-order valence-corrected chi connectivity index (χ2v) is 5.21. The number of fused-ring (bicyclic) bond motifs is 1. The molecule has 1 aromatic carbocycles. The van der Waals surface area contributed by atoms with E-state index in [9.17, 15) is 4.79 Å². The Hall–Kier alpha value is -1.20. The highest BCUT2D eigenvalue weighted by molar-refractivity contribution is 7.99. The van der Waals surface area contributed by atoms with Crippen LogP contribution >= 0.6 is 11.8 Å². The van der Waals surface area contributed by atoms with E-state index in [4.69, 9.17) is 4.74 Å². The number of nitrogens with one attached hydrogen (secondary N) is 2. The number of carbonyl (C=O) groups excluding carboxylic acids is 1. The zero-order chi connectivity index (χ0) is 11.7. The van der Waals surface area contributed by atoms with Gasteiger partial charge in [-0.05, 0) is 23.8 Å². The van der Waals surface area contributed by atoms with E-state index in [1.807, 2.05) is 18.2 Å². The largest absolute Gasteiger partial charge is 0.493 e. The van der Waals surface area contributed by atoms with Crippen LogP contribution in [0.1, 0.15) is 5.56 Å². The molecule has 1 amide bonds. The van der Waals surface area contributed by atoms with Gasteiger partial charge in [0.1, 0.15) is 5.75 Å². The van der Waals surface area contributed by atoms with Gasteiger partial charge in [0.25, 0.3) is 0 Å². The van der Waals surface area contributed by atoms with Crippen molar-refractivity contribution in [1.29, 1.82) is 0 Å². The summed E-state index contributed by atoms with van der Waals surface area (Å²) in [7, 11) is 0. The number of rotatable bonds is 2.